The number of nitrogens with zero attached hydrogens (tertiary/aromatic N) is 1. The van der Waals surface area contributed by atoms with Gasteiger partial charge in [0.15, 0.2) is 11.4 Å². The highest BCUT2D eigenvalue weighted by molar-refractivity contribution is 5.14. The normalized spacial score (nSPS) is 9.40. The quantitative estimate of drug-likeness (QED) is 0.422. The van der Waals surface area contributed by atoms with Gasteiger partial charge in [0.1, 0.15) is 0 Å². The molecule has 0 unspecified atom stereocenters. The molecule has 0 aliphatic rings. The summed E-state index contributed by atoms with van der Waals surface area (Å²) < 4.78 is 5.61. The van der Waals surface area contributed by atoms with Crippen LogP contribution < -0.4 is 9.47 Å². The van der Waals surface area contributed by atoms with Gasteiger partial charge in [0.2, 0.25) is 6.20 Å². The Morgan fingerprint density at radius 2 is 2.20 bits per heavy atom. The lowest BCUT2D eigenvalue weighted by Crippen LogP contribution is -2.28. The fourth-order valence-electron chi connectivity index (χ4n) is 0.657. The smallest absolute Gasteiger partial charge is 0.222 e. The first kappa shape index (κ1) is 6.86. The third kappa shape index (κ3) is 1.18. The summed E-state index contributed by atoms with van der Waals surface area (Å²) in [5, 5.41) is 10.8. The first-order chi connectivity index (χ1) is 4.74. The lowest BCUT2D eigenvalue weighted by molar-refractivity contribution is -0.612. The molecule has 1 rings (SSSR count). The van der Waals surface area contributed by atoms with Gasteiger partial charge in [-0.15, -0.1) is 0 Å². The second-order valence-corrected chi connectivity index (χ2v) is 2.04. The Kier molecular flexibility index (Phi) is 1.76. The molecule has 0 fully saturated rings. The molecule has 10 heavy (non-hydrogen) atoms. The van der Waals surface area contributed by atoms with Gasteiger partial charge in [0.05, 0.1) is 7.11 Å². The highest BCUT2D eigenvalue weighted by Gasteiger charge is 1.98. The molecule has 0 aliphatic carbocycles. The Hall–Kier alpha value is -1.25. The molecule has 1 aromatic rings. The molecule has 0 spiro atoms. The minimum atomic E-state index is 0.584. The largest absolute Gasteiger partial charge is 0.618 e. The van der Waals surface area contributed by atoms with Crippen molar-refractivity contribution in [1.82, 2.24) is 0 Å². The van der Waals surface area contributed by atoms with Gasteiger partial charge in [-0.05, 0) is 6.07 Å². The Morgan fingerprint density at radius 3 is 2.70 bits per heavy atom. The van der Waals surface area contributed by atoms with Crippen molar-refractivity contribution < 1.29 is 9.47 Å². The topological polar surface area (TPSA) is 36.2 Å². The van der Waals surface area contributed by atoms with E-state index in [4.69, 9.17) is 4.74 Å². The van der Waals surface area contributed by atoms with Crippen molar-refractivity contribution in [3.63, 3.8) is 0 Å². The summed E-state index contributed by atoms with van der Waals surface area (Å²) >= 11 is 0. The van der Waals surface area contributed by atoms with Crippen molar-refractivity contribution in [2.45, 2.75) is 6.92 Å². The number of hydrogen-bond acceptors (Lipinski definition) is 2. The molecule has 0 N–H and O–H groups in total. The summed E-state index contributed by atoms with van der Waals surface area (Å²) in [5.74, 6) is 0.584. The van der Waals surface area contributed by atoms with Gasteiger partial charge >= 0.3 is 0 Å². The van der Waals surface area contributed by atoms with E-state index >= 15 is 0 Å². The van der Waals surface area contributed by atoms with Crippen LogP contribution >= 0.6 is 0 Å². The van der Waals surface area contributed by atoms with Crippen molar-refractivity contribution >= 4 is 0 Å². The van der Waals surface area contributed by atoms with E-state index in [0.717, 1.165) is 4.73 Å². The van der Waals surface area contributed by atoms with Crippen LogP contribution in [0.3, 0.4) is 0 Å². The second kappa shape index (κ2) is 2.56. The highest BCUT2D eigenvalue weighted by atomic mass is 16.5. The molecule has 1 heterocycles. The predicted octanol–water partition coefficient (Wildman–Crippen LogP) is 0.637. The first-order valence-corrected chi connectivity index (χ1v) is 2.98. The summed E-state index contributed by atoms with van der Waals surface area (Å²) in [7, 11) is 1.53. The first-order valence-electron chi connectivity index (χ1n) is 2.98. The minimum absolute atomic E-state index is 0.584. The van der Waals surface area contributed by atoms with Crippen LogP contribution in [-0.2, 0) is 0 Å². The molecule has 0 aromatic carbocycles. The van der Waals surface area contributed by atoms with E-state index in [0.29, 0.717) is 11.4 Å². The van der Waals surface area contributed by atoms with Crippen LogP contribution in [0.25, 0.3) is 0 Å². The Morgan fingerprint density at radius 1 is 1.50 bits per heavy atom. The average molecular weight is 139 g/mol. The van der Waals surface area contributed by atoms with E-state index in [-0.39, 0.29) is 0 Å². The molecular formula is C7H9NO2. The van der Waals surface area contributed by atoms with Crippen LogP contribution in [0.2, 0.25) is 0 Å². The molecule has 0 saturated heterocycles. The fourth-order valence-corrected chi connectivity index (χ4v) is 0.657. The van der Waals surface area contributed by atoms with Gasteiger partial charge in [0, 0.05) is 13.0 Å². The van der Waals surface area contributed by atoms with E-state index in [9.17, 15) is 5.21 Å². The zero-order valence-corrected chi connectivity index (χ0v) is 6.00. The summed E-state index contributed by atoms with van der Waals surface area (Å²) in [6, 6.07) is 3.47. The fraction of sp³-hybridized carbons (Fsp3) is 0.286. The average Bonchev–Trinajstić information content (AvgIpc) is 1.95. The molecule has 0 radical (unpaired) electrons. The monoisotopic (exact) mass is 139 g/mol. The number of ether oxygens (including phenoxy) is 1. The third-order valence-corrected chi connectivity index (χ3v) is 1.32. The van der Waals surface area contributed by atoms with Crippen LogP contribution in [0.4, 0.5) is 0 Å². The van der Waals surface area contributed by atoms with Crippen molar-refractivity contribution in [2.75, 3.05) is 7.11 Å². The number of hydrogen-bond donors (Lipinski definition) is 0. The number of methoxy groups -OCH3 is 1. The van der Waals surface area contributed by atoms with E-state index in [1.54, 1.807) is 19.1 Å². The maximum Gasteiger partial charge on any atom is 0.222 e. The SMILES string of the molecule is COc1ccc(C)[n+]([O-])c1. The van der Waals surface area contributed by atoms with Gasteiger partial charge in [0.25, 0.3) is 0 Å². The van der Waals surface area contributed by atoms with Crippen molar-refractivity contribution in [1.29, 1.82) is 0 Å². The molecule has 0 atom stereocenters. The summed E-state index contributed by atoms with van der Waals surface area (Å²) in [5.41, 5.74) is 0.667. The van der Waals surface area contributed by atoms with Crippen LogP contribution in [0.15, 0.2) is 18.3 Å². The van der Waals surface area contributed by atoms with E-state index < -0.39 is 0 Å². The number of aromatic nitrogens is 1. The van der Waals surface area contributed by atoms with Crippen molar-refractivity contribution in [3.05, 3.63) is 29.2 Å². The van der Waals surface area contributed by atoms with Gasteiger partial charge in [-0.3, -0.25) is 0 Å². The molecule has 0 amide bonds. The maximum absolute atomic E-state index is 10.8. The van der Waals surface area contributed by atoms with Crippen LogP contribution in [0, 0.1) is 12.1 Å². The molecule has 1 aromatic heterocycles. The van der Waals surface area contributed by atoms with Crippen LogP contribution in [0.1, 0.15) is 5.69 Å². The molecule has 0 saturated carbocycles. The summed E-state index contributed by atoms with van der Waals surface area (Å²) in [6.45, 7) is 1.74. The predicted molar refractivity (Wildman–Crippen MR) is 36.7 cm³/mol. The van der Waals surface area contributed by atoms with Crippen LogP contribution in [-0.4, -0.2) is 7.11 Å². The zero-order valence-electron chi connectivity index (χ0n) is 6.00. The Bertz CT molecular complexity index is 235. The Labute approximate surface area is 59.5 Å². The lowest BCUT2D eigenvalue weighted by Gasteiger charge is -2.01. The molecular weight excluding hydrogens is 130 g/mol. The van der Waals surface area contributed by atoms with Gasteiger partial charge in [-0.25, -0.2) is 0 Å². The molecule has 0 aliphatic heterocycles. The van der Waals surface area contributed by atoms with E-state index in [1.807, 2.05) is 0 Å². The zero-order chi connectivity index (χ0) is 7.56. The van der Waals surface area contributed by atoms with E-state index in [2.05, 4.69) is 0 Å². The number of rotatable bonds is 1. The van der Waals surface area contributed by atoms with Gasteiger partial charge in [-0.2, -0.15) is 4.73 Å². The molecule has 3 heteroatoms. The highest BCUT2D eigenvalue weighted by Crippen LogP contribution is 2.04. The van der Waals surface area contributed by atoms with E-state index in [1.165, 1.54) is 13.3 Å². The minimum Gasteiger partial charge on any atom is -0.618 e. The Balaban J connectivity index is 3.04. The second-order valence-electron chi connectivity index (χ2n) is 2.04. The molecule has 0 bridgehead atoms. The summed E-state index contributed by atoms with van der Waals surface area (Å²) in [4.78, 5) is 0. The standard InChI is InChI=1S/C7H9NO2/c1-6-3-4-7(10-2)5-8(6)9/h3-5H,1-2H3. The van der Waals surface area contributed by atoms with Gasteiger partial charge in [-0.1, -0.05) is 0 Å². The molecule has 54 valence electrons. The third-order valence-electron chi connectivity index (χ3n) is 1.32. The summed E-state index contributed by atoms with van der Waals surface area (Å²) in [6.07, 6.45) is 1.40. The lowest BCUT2D eigenvalue weighted by atomic mass is 10.4. The van der Waals surface area contributed by atoms with Crippen molar-refractivity contribution in [3.8, 4) is 5.75 Å². The van der Waals surface area contributed by atoms with Crippen molar-refractivity contribution in [2.24, 2.45) is 0 Å². The van der Waals surface area contributed by atoms with Gasteiger partial charge < -0.3 is 9.94 Å². The molecule has 3 nitrogen and oxygen atoms in total. The number of aryl methyl sites for hydroxylation is 1. The number of pyridine rings is 1. The maximum atomic E-state index is 10.8. The van der Waals surface area contributed by atoms with Crippen LogP contribution in [0.5, 0.6) is 5.75 Å².